The van der Waals surface area contributed by atoms with Crippen molar-refractivity contribution < 1.29 is 27.5 Å². The summed E-state index contributed by atoms with van der Waals surface area (Å²) < 4.78 is 39.1. The van der Waals surface area contributed by atoms with Crippen LogP contribution in [0.4, 0.5) is 0 Å². The Morgan fingerprint density at radius 3 is 1.85 bits per heavy atom. The first-order valence-corrected chi connectivity index (χ1v) is 12.5. The standard InChI is InChI=1S/C24H33N3O6S/c1-7-32-20-10-8-9-11-21(20)33-14-23(29)27-26-22(28)12-13-25-34(30,31)24-18(5)16(3)15(2)17(4)19(24)6/h8-11,25H,7,12-14H2,1-6H3,(H,26,28)(H,27,29). The molecule has 0 aromatic heterocycles. The normalized spacial score (nSPS) is 11.1. The Bertz CT molecular complexity index is 1130. The Labute approximate surface area is 201 Å². The van der Waals surface area contributed by atoms with Crippen LogP contribution in [-0.2, 0) is 19.6 Å². The Morgan fingerprint density at radius 2 is 1.29 bits per heavy atom. The maximum atomic E-state index is 12.9. The number of amides is 2. The van der Waals surface area contributed by atoms with Gasteiger partial charge in [-0.05, 0) is 81.5 Å². The molecule has 2 amide bonds. The molecule has 0 fully saturated rings. The van der Waals surface area contributed by atoms with Crippen LogP contribution in [0.15, 0.2) is 29.2 Å². The molecule has 2 rings (SSSR count). The molecule has 34 heavy (non-hydrogen) atoms. The molecule has 0 saturated heterocycles. The highest BCUT2D eigenvalue weighted by Crippen LogP contribution is 2.29. The van der Waals surface area contributed by atoms with E-state index in [1.165, 1.54) is 0 Å². The van der Waals surface area contributed by atoms with Crippen LogP contribution in [0, 0.1) is 34.6 Å². The summed E-state index contributed by atoms with van der Waals surface area (Å²) in [7, 11) is -3.81. The lowest BCUT2D eigenvalue weighted by Crippen LogP contribution is -2.44. The van der Waals surface area contributed by atoms with E-state index in [0.717, 1.165) is 16.7 Å². The second kappa shape index (κ2) is 11.8. The lowest BCUT2D eigenvalue weighted by molar-refractivity contribution is -0.129. The number of carbonyl (C=O) groups excluding carboxylic acids is 2. The van der Waals surface area contributed by atoms with Crippen molar-refractivity contribution in [2.45, 2.75) is 52.9 Å². The molecular weight excluding hydrogens is 458 g/mol. The van der Waals surface area contributed by atoms with E-state index in [1.807, 2.05) is 27.7 Å². The molecule has 2 aromatic carbocycles. The van der Waals surface area contributed by atoms with Gasteiger partial charge < -0.3 is 9.47 Å². The van der Waals surface area contributed by atoms with Crippen molar-refractivity contribution in [2.24, 2.45) is 0 Å². The fourth-order valence-electron chi connectivity index (χ4n) is 3.47. The third-order valence-electron chi connectivity index (χ3n) is 5.69. The van der Waals surface area contributed by atoms with Gasteiger partial charge in [0, 0.05) is 13.0 Å². The largest absolute Gasteiger partial charge is 0.490 e. The van der Waals surface area contributed by atoms with Crippen molar-refractivity contribution in [3.8, 4) is 11.5 Å². The molecule has 186 valence electrons. The van der Waals surface area contributed by atoms with Gasteiger partial charge in [0.15, 0.2) is 18.1 Å². The minimum atomic E-state index is -3.81. The first kappa shape index (κ1) is 27.1. The molecule has 0 atom stereocenters. The van der Waals surface area contributed by atoms with Gasteiger partial charge in [-0.3, -0.25) is 20.4 Å². The number of para-hydroxylation sites is 2. The number of carbonyl (C=O) groups is 2. The van der Waals surface area contributed by atoms with Crippen LogP contribution in [0.5, 0.6) is 11.5 Å². The zero-order valence-corrected chi connectivity index (χ0v) is 21.3. The first-order valence-electron chi connectivity index (χ1n) is 11.0. The molecule has 3 N–H and O–H groups in total. The van der Waals surface area contributed by atoms with Crippen LogP contribution in [0.1, 0.15) is 41.2 Å². The molecule has 0 saturated carbocycles. The van der Waals surface area contributed by atoms with Crippen LogP contribution in [0.2, 0.25) is 0 Å². The Balaban J connectivity index is 1.84. The summed E-state index contributed by atoms with van der Waals surface area (Å²) in [5.74, 6) is -0.196. The molecule has 9 nitrogen and oxygen atoms in total. The second-order valence-electron chi connectivity index (χ2n) is 7.87. The summed E-state index contributed by atoms with van der Waals surface area (Å²) in [5, 5.41) is 0. The van der Waals surface area contributed by atoms with Crippen LogP contribution >= 0.6 is 0 Å². The van der Waals surface area contributed by atoms with Gasteiger partial charge in [-0.1, -0.05) is 12.1 Å². The zero-order valence-electron chi connectivity index (χ0n) is 20.5. The van der Waals surface area contributed by atoms with Crippen molar-refractivity contribution in [3.63, 3.8) is 0 Å². The van der Waals surface area contributed by atoms with E-state index in [2.05, 4.69) is 15.6 Å². The van der Waals surface area contributed by atoms with Crippen molar-refractivity contribution in [3.05, 3.63) is 52.1 Å². The summed E-state index contributed by atoms with van der Waals surface area (Å²) in [6.07, 6.45) is -0.157. The predicted octanol–water partition coefficient (Wildman–Crippen LogP) is 2.52. The van der Waals surface area contributed by atoms with Crippen molar-refractivity contribution in [1.29, 1.82) is 0 Å². The quantitative estimate of drug-likeness (QED) is 0.439. The summed E-state index contributed by atoms with van der Waals surface area (Å²) in [5.41, 5.74) is 8.79. The highest BCUT2D eigenvalue weighted by molar-refractivity contribution is 7.89. The molecule has 2 aromatic rings. The van der Waals surface area contributed by atoms with Crippen molar-refractivity contribution in [2.75, 3.05) is 19.8 Å². The van der Waals surface area contributed by atoms with E-state index in [-0.39, 0.29) is 24.5 Å². The predicted molar refractivity (Wildman–Crippen MR) is 129 cm³/mol. The Hall–Kier alpha value is -3.11. The van der Waals surface area contributed by atoms with Gasteiger partial charge in [-0.15, -0.1) is 0 Å². The van der Waals surface area contributed by atoms with Crippen LogP contribution < -0.4 is 25.0 Å². The molecule has 0 radical (unpaired) electrons. The summed E-state index contributed by atoms with van der Waals surface area (Å²) >= 11 is 0. The molecule has 10 heteroatoms. The molecule has 0 aliphatic carbocycles. The minimum Gasteiger partial charge on any atom is -0.490 e. The number of nitrogens with one attached hydrogen (secondary N) is 3. The summed E-state index contributed by atoms with van der Waals surface area (Å²) in [6, 6.07) is 6.93. The molecule has 0 bridgehead atoms. The first-order chi connectivity index (χ1) is 16.0. The maximum absolute atomic E-state index is 12.9. The number of rotatable bonds is 10. The van der Waals surface area contributed by atoms with Gasteiger partial charge in [0.05, 0.1) is 11.5 Å². The minimum absolute atomic E-state index is 0.118. The summed E-state index contributed by atoms with van der Waals surface area (Å²) in [4.78, 5) is 24.3. The van der Waals surface area contributed by atoms with Crippen molar-refractivity contribution in [1.82, 2.24) is 15.6 Å². The SMILES string of the molecule is CCOc1ccccc1OCC(=O)NNC(=O)CCNS(=O)(=O)c1c(C)c(C)c(C)c(C)c1C. The average molecular weight is 492 g/mol. The molecule has 0 heterocycles. The van der Waals surface area contributed by atoms with Crippen LogP contribution in [0.25, 0.3) is 0 Å². The summed E-state index contributed by atoms with van der Waals surface area (Å²) in [6.45, 7) is 11.2. The van der Waals surface area contributed by atoms with Gasteiger partial charge in [0.1, 0.15) is 0 Å². The number of ether oxygens (including phenoxy) is 2. The zero-order chi connectivity index (χ0) is 25.5. The van der Waals surface area contributed by atoms with E-state index in [1.54, 1.807) is 38.1 Å². The number of hydrogen-bond acceptors (Lipinski definition) is 6. The topological polar surface area (TPSA) is 123 Å². The fourth-order valence-corrected chi connectivity index (χ4v) is 5.09. The highest BCUT2D eigenvalue weighted by atomic mass is 32.2. The van der Waals surface area contributed by atoms with Crippen LogP contribution in [0.3, 0.4) is 0 Å². The van der Waals surface area contributed by atoms with Gasteiger partial charge in [0.25, 0.3) is 5.91 Å². The average Bonchev–Trinajstić information content (AvgIpc) is 2.79. The van der Waals surface area contributed by atoms with E-state index < -0.39 is 21.8 Å². The smallest absolute Gasteiger partial charge is 0.276 e. The molecular formula is C24H33N3O6S. The molecule has 0 aliphatic rings. The third kappa shape index (κ3) is 6.71. The molecule has 0 aliphatic heterocycles. The molecule has 0 spiro atoms. The van der Waals surface area contributed by atoms with Gasteiger partial charge >= 0.3 is 0 Å². The van der Waals surface area contributed by atoms with Crippen LogP contribution in [-0.4, -0.2) is 40.0 Å². The van der Waals surface area contributed by atoms with Gasteiger partial charge in [0.2, 0.25) is 15.9 Å². The van der Waals surface area contributed by atoms with E-state index in [0.29, 0.717) is 29.2 Å². The fraction of sp³-hybridized carbons (Fsp3) is 0.417. The van der Waals surface area contributed by atoms with Crippen molar-refractivity contribution >= 4 is 21.8 Å². The number of hydrogen-bond donors (Lipinski definition) is 3. The number of hydrazine groups is 1. The number of benzene rings is 2. The monoisotopic (exact) mass is 491 g/mol. The number of sulfonamides is 1. The Morgan fingerprint density at radius 1 is 0.794 bits per heavy atom. The van der Waals surface area contributed by atoms with E-state index >= 15 is 0 Å². The van der Waals surface area contributed by atoms with Gasteiger partial charge in [-0.25, -0.2) is 13.1 Å². The lowest BCUT2D eigenvalue weighted by atomic mass is 9.95. The maximum Gasteiger partial charge on any atom is 0.276 e. The van der Waals surface area contributed by atoms with E-state index in [4.69, 9.17) is 9.47 Å². The Kier molecular flexibility index (Phi) is 9.46. The highest BCUT2D eigenvalue weighted by Gasteiger charge is 2.23. The lowest BCUT2D eigenvalue weighted by Gasteiger charge is -2.19. The van der Waals surface area contributed by atoms with Gasteiger partial charge in [-0.2, -0.15) is 0 Å². The van der Waals surface area contributed by atoms with E-state index in [9.17, 15) is 18.0 Å². The third-order valence-corrected chi connectivity index (χ3v) is 7.43. The molecule has 0 unspecified atom stereocenters. The second-order valence-corrected chi connectivity index (χ2v) is 9.57.